The van der Waals surface area contributed by atoms with Crippen LogP contribution in [0.4, 0.5) is 0 Å². The molecule has 1 unspecified atom stereocenters. The van der Waals surface area contributed by atoms with E-state index in [1.54, 1.807) is 36.4 Å². The highest BCUT2D eigenvalue weighted by molar-refractivity contribution is 6.30. The summed E-state index contributed by atoms with van der Waals surface area (Å²) in [6.45, 7) is 4.98. The lowest BCUT2D eigenvalue weighted by Crippen LogP contribution is -3.00. The second-order valence-electron chi connectivity index (χ2n) is 9.03. The summed E-state index contributed by atoms with van der Waals surface area (Å²) >= 11 is 5.88. The van der Waals surface area contributed by atoms with Crippen molar-refractivity contribution in [1.82, 2.24) is 14.7 Å². The molecule has 0 aliphatic carbocycles. The third kappa shape index (κ3) is 5.66. The van der Waals surface area contributed by atoms with Crippen LogP contribution in [-0.2, 0) is 0 Å². The Hall–Kier alpha value is -2.68. The highest BCUT2D eigenvalue weighted by Gasteiger charge is 2.33. The number of ether oxygens (including phenoxy) is 1. The van der Waals surface area contributed by atoms with Crippen LogP contribution < -0.4 is 17.1 Å². The summed E-state index contributed by atoms with van der Waals surface area (Å²) in [5, 5.41) is 12.7. The Morgan fingerprint density at radius 1 is 0.861 bits per heavy atom. The zero-order valence-corrected chi connectivity index (χ0v) is 21.3. The number of hydrogen-bond donors (Lipinski definition) is 1. The fourth-order valence-electron chi connectivity index (χ4n) is 4.79. The minimum Gasteiger partial charge on any atom is -1.00 e. The largest absolute Gasteiger partial charge is 1.00 e. The molecule has 3 aromatic rings. The van der Waals surface area contributed by atoms with E-state index in [1.165, 1.54) is 4.90 Å². The molecular formula is C27H29Cl2N3O4. The molecule has 0 aromatic heterocycles. The van der Waals surface area contributed by atoms with Crippen molar-refractivity contribution < 1.29 is 33.3 Å². The number of piperazine rings is 1. The van der Waals surface area contributed by atoms with Gasteiger partial charge < -0.3 is 22.3 Å². The van der Waals surface area contributed by atoms with Crippen molar-refractivity contribution in [1.29, 1.82) is 0 Å². The molecule has 2 aliphatic rings. The quantitative estimate of drug-likeness (QED) is 0.422. The molecule has 2 heterocycles. The number of rotatable bonds is 8. The topological polar surface area (TPSA) is 73.3 Å². The molecular weight excluding hydrogens is 501 g/mol. The number of aliphatic hydroxyl groups is 1. The minimum atomic E-state index is -0.594. The van der Waals surface area contributed by atoms with Crippen LogP contribution in [0.2, 0.25) is 5.02 Å². The Morgan fingerprint density at radius 2 is 1.44 bits per heavy atom. The van der Waals surface area contributed by atoms with E-state index in [9.17, 15) is 14.7 Å². The summed E-state index contributed by atoms with van der Waals surface area (Å²) in [6, 6.07) is 18.3. The van der Waals surface area contributed by atoms with E-state index in [4.69, 9.17) is 16.3 Å². The third-order valence-corrected chi connectivity index (χ3v) is 6.94. The van der Waals surface area contributed by atoms with Crippen molar-refractivity contribution >= 4 is 34.2 Å². The Bertz CT molecular complexity index is 1190. The molecule has 5 rings (SSSR count). The first-order valence-electron chi connectivity index (χ1n) is 11.9. The van der Waals surface area contributed by atoms with E-state index >= 15 is 0 Å². The molecule has 3 aromatic carbocycles. The van der Waals surface area contributed by atoms with E-state index in [2.05, 4.69) is 9.80 Å². The molecule has 2 amide bonds. The summed E-state index contributed by atoms with van der Waals surface area (Å²) in [4.78, 5) is 32.0. The number of benzene rings is 3. The Kier molecular flexibility index (Phi) is 8.49. The molecule has 9 heteroatoms. The highest BCUT2D eigenvalue weighted by Crippen LogP contribution is 2.29. The fourth-order valence-corrected chi connectivity index (χ4v) is 4.92. The van der Waals surface area contributed by atoms with Crippen LogP contribution in [-0.4, -0.2) is 90.1 Å². The molecule has 0 saturated carbocycles. The third-order valence-electron chi connectivity index (χ3n) is 6.69. The number of halogens is 2. The second kappa shape index (κ2) is 11.6. The normalized spacial score (nSPS) is 17.2. The van der Waals surface area contributed by atoms with Gasteiger partial charge in [0.2, 0.25) is 0 Å². The van der Waals surface area contributed by atoms with Crippen LogP contribution in [0.25, 0.3) is 10.8 Å². The first-order valence-corrected chi connectivity index (χ1v) is 12.3. The van der Waals surface area contributed by atoms with Crippen LogP contribution in [0, 0.1) is 0 Å². The maximum Gasteiger partial charge on any atom is 1.00 e. The number of hydrogen-bond acceptors (Lipinski definition) is 6. The molecule has 36 heavy (non-hydrogen) atoms. The van der Waals surface area contributed by atoms with Crippen LogP contribution in [0.5, 0.6) is 5.75 Å². The average Bonchev–Trinajstić information content (AvgIpc) is 2.88. The predicted molar refractivity (Wildman–Crippen MR) is 136 cm³/mol. The highest BCUT2D eigenvalue weighted by atomic mass is 35.5. The molecule has 1 atom stereocenters. The lowest BCUT2D eigenvalue weighted by molar-refractivity contribution is -0.0000336. The van der Waals surface area contributed by atoms with Crippen LogP contribution >= 0.6 is 11.6 Å². The van der Waals surface area contributed by atoms with Gasteiger partial charge in [0.25, 0.3) is 11.8 Å². The molecule has 2 aliphatic heterocycles. The molecule has 190 valence electrons. The number of carbonyl (C=O) groups excluding carboxylic acids is 2. The van der Waals surface area contributed by atoms with Crippen LogP contribution in [0.3, 0.4) is 0 Å². The maximum atomic E-state index is 13.1. The second-order valence-corrected chi connectivity index (χ2v) is 9.47. The minimum absolute atomic E-state index is 0. The van der Waals surface area contributed by atoms with Crippen molar-refractivity contribution in [3.63, 3.8) is 0 Å². The van der Waals surface area contributed by atoms with Gasteiger partial charge in [0.1, 0.15) is 18.5 Å². The standard InChI is InChI=1S/C27H28ClN3O4.ClH/c28-20-7-9-22(10-8-20)35-18-21(32)17-30-13-11-29(12-14-30)15-16-31-26(33)23-5-1-3-19-4-2-6-24(25(19)23)27(31)34;/h1-10,21,32H,11-18H2;1H. The van der Waals surface area contributed by atoms with Gasteiger partial charge in [-0.25, -0.2) is 0 Å². The van der Waals surface area contributed by atoms with Gasteiger partial charge in [-0.3, -0.25) is 24.3 Å². The van der Waals surface area contributed by atoms with Crippen molar-refractivity contribution in [2.75, 3.05) is 52.4 Å². The van der Waals surface area contributed by atoms with Gasteiger partial charge in [0.15, 0.2) is 0 Å². The van der Waals surface area contributed by atoms with Gasteiger partial charge in [-0.15, -0.1) is 0 Å². The van der Waals surface area contributed by atoms with Gasteiger partial charge in [-0.05, 0) is 41.8 Å². The van der Waals surface area contributed by atoms with Gasteiger partial charge in [-0.1, -0.05) is 35.9 Å². The van der Waals surface area contributed by atoms with Gasteiger partial charge in [-0.2, -0.15) is 0 Å². The summed E-state index contributed by atoms with van der Waals surface area (Å²) in [7, 11) is 0. The first kappa shape index (κ1) is 26.4. The summed E-state index contributed by atoms with van der Waals surface area (Å²) in [5.74, 6) is 0.238. The van der Waals surface area contributed by atoms with Gasteiger partial charge >= 0.3 is 1.43 Å². The van der Waals surface area contributed by atoms with Crippen LogP contribution in [0.1, 0.15) is 22.1 Å². The molecule has 0 spiro atoms. The Labute approximate surface area is 223 Å². The van der Waals surface area contributed by atoms with Crippen molar-refractivity contribution in [3.8, 4) is 5.75 Å². The molecule has 1 N–H and O–H groups in total. The van der Waals surface area contributed by atoms with E-state index in [0.717, 1.165) is 37.0 Å². The lowest BCUT2D eigenvalue weighted by Gasteiger charge is -2.36. The van der Waals surface area contributed by atoms with E-state index in [0.29, 0.717) is 41.5 Å². The van der Waals surface area contributed by atoms with Crippen molar-refractivity contribution in [3.05, 3.63) is 76.8 Å². The molecule has 7 nitrogen and oxygen atoms in total. The van der Waals surface area contributed by atoms with Crippen LogP contribution in [0.15, 0.2) is 60.7 Å². The van der Waals surface area contributed by atoms with Crippen molar-refractivity contribution in [2.45, 2.75) is 6.10 Å². The predicted octanol–water partition coefficient (Wildman–Crippen LogP) is 0.263. The van der Waals surface area contributed by atoms with E-state index in [1.807, 2.05) is 24.3 Å². The number of imide groups is 1. The molecule has 1 saturated heterocycles. The zero-order chi connectivity index (χ0) is 24.4. The van der Waals surface area contributed by atoms with Gasteiger partial charge in [0, 0.05) is 67.3 Å². The lowest BCUT2D eigenvalue weighted by atomic mass is 9.94. The van der Waals surface area contributed by atoms with E-state index < -0.39 is 6.10 Å². The number of aliphatic hydroxyl groups excluding tert-OH is 1. The fraction of sp³-hybridized carbons (Fsp3) is 0.333. The summed E-state index contributed by atoms with van der Waals surface area (Å²) in [6.07, 6.45) is -0.594. The number of nitrogens with zero attached hydrogens (tertiary/aromatic N) is 3. The summed E-state index contributed by atoms with van der Waals surface area (Å²) < 4.78 is 5.64. The zero-order valence-electron chi connectivity index (χ0n) is 20.8. The summed E-state index contributed by atoms with van der Waals surface area (Å²) in [5.41, 5.74) is 1.19. The molecule has 0 radical (unpaired) electrons. The monoisotopic (exact) mass is 529 g/mol. The van der Waals surface area contributed by atoms with Crippen molar-refractivity contribution in [2.24, 2.45) is 0 Å². The smallest absolute Gasteiger partial charge is 1.00 e. The number of carbonyl (C=O) groups is 2. The Balaban J connectivity index is 0.00000190. The van der Waals surface area contributed by atoms with Gasteiger partial charge in [0.05, 0.1) is 0 Å². The van der Waals surface area contributed by atoms with E-state index in [-0.39, 0.29) is 32.3 Å². The molecule has 0 bridgehead atoms. The maximum absolute atomic E-state index is 13.1. The number of β-amino-alcohol motifs (C(OH)–C–C–N with tert-alkyl or cyclic N) is 1. The molecule has 1 fully saturated rings. The first-order chi connectivity index (χ1) is 17.0. The number of amides is 2. The average molecular weight is 530 g/mol. The Morgan fingerprint density at radius 3 is 2.06 bits per heavy atom. The SMILES string of the molecule is O=C1c2cccc3cccc(c23)C(=O)N1CCN1CCN(CC(O)COc2ccc(Cl)cc2)CC1.[Cl-].[H+].